The molecule has 0 radical (unpaired) electrons. The summed E-state index contributed by atoms with van der Waals surface area (Å²) in [6.45, 7) is 1.29. The highest BCUT2D eigenvalue weighted by molar-refractivity contribution is 7.88. The van der Waals surface area contributed by atoms with E-state index in [1.807, 2.05) is 6.07 Å². The Bertz CT molecular complexity index is 1610. The van der Waals surface area contributed by atoms with Gasteiger partial charge in [-0.1, -0.05) is 12.1 Å². The van der Waals surface area contributed by atoms with Gasteiger partial charge in [-0.25, -0.2) is 8.42 Å². The minimum Gasteiger partial charge on any atom is -0.496 e. The lowest BCUT2D eigenvalue weighted by molar-refractivity contribution is 0.0698. The van der Waals surface area contributed by atoms with E-state index in [-0.39, 0.29) is 31.4 Å². The van der Waals surface area contributed by atoms with Gasteiger partial charge in [-0.05, 0) is 49.2 Å². The molecule has 1 saturated carbocycles. The van der Waals surface area contributed by atoms with Crippen molar-refractivity contribution in [1.82, 2.24) is 24.3 Å². The molecule has 3 aromatic rings. The van der Waals surface area contributed by atoms with Gasteiger partial charge in [0, 0.05) is 62.5 Å². The van der Waals surface area contributed by atoms with Gasteiger partial charge < -0.3 is 20.3 Å². The first-order chi connectivity index (χ1) is 20.0. The highest BCUT2D eigenvalue weighted by Gasteiger charge is 2.29. The number of aryl methyl sites for hydroxylation is 1. The third-order valence-corrected chi connectivity index (χ3v) is 8.80. The second-order valence-electron chi connectivity index (χ2n) is 10.5. The first kappa shape index (κ1) is 29.3. The second kappa shape index (κ2) is 11.9. The van der Waals surface area contributed by atoms with Crippen LogP contribution in [0.5, 0.6) is 5.75 Å². The van der Waals surface area contributed by atoms with Gasteiger partial charge in [0.1, 0.15) is 11.4 Å². The number of anilines is 1. The third kappa shape index (κ3) is 6.47. The predicted octanol–water partition coefficient (Wildman–Crippen LogP) is 2.21. The van der Waals surface area contributed by atoms with Gasteiger partial charge in [-0.2, -0.15) is 9.40 Å². The highest BCUT2D eigenvalue weighted by atomic mass is 32.2. The lowest BCUT2D eigenvalue weighted by atomic mass is 10.1. The van der Waals surface area contributed by atoms with E-state index in [1.54, 1.807) is 59.1 Å². The van der Waals surface area contributed by atoms with Gasteiger partial charge >= 0.3 is 0 Å². The number of nitrogens with one attached hydrogen (secondary N) is 2. The fourth-order valence-corrected chi connectivity index (χ4v) is 5.82. The number of piperazine rings is 1. The predicted molar refractivity (Wildman–Crippen MR) is 156 cm³/mol. The lowest BCUT2D eigenvalue weighted by Crippen LogP contribution is -2.50. The van der Waals surface area contributed by atoms with E-state index in [0.717, 1.165) is 24.8 Å². The second-order valence-corrected chi connectivity index (χ2v) is 12.5. The lowest BCUT2D eigenvalue weighted by Gasteiger charge is -2.33. The molecule has 1 aromatic heterocycles. The number of hydrogen-bond acceptors (Lipinski definition) is 7. The smallest absolute Gasteiger partial charge is 0.269 e. The first-order valence-corrected chi connectivity index (χ1v) is 15.5. The molecule has 42 heavy (non-hydrogen) atoms. The van der Waals surface area contributed by atoms with Crippen LogP contribution in [0, 0.1) is 0 Å². The molecule has 1 saturated heterocycles. The molecule has 3 amide bonds. The summed E-state index contributed by atoms with van der Waals surface area (Å²) in [6, 6.07) is 13.5. The Morgan fingerprint density at radius 1 is 1.00 bits per heavy atom. The van der Waals surface area contributed by atoms with Gasteiger partial charge in [0.25, 0.3) is 17.7 Å². The summed E-state index contributed by atoms with van der Waals surface area (Å²) >= 11 is 0. The van der Waals surface area contributed by atoms with Crippen LogP contribution in [0.15, 0.2) is 48.5 Å². The van der Waals surface area contributed by atoms with Gasteiger partial charge in [-0.3, -0.25) is 19.1 Å². The Hall–Kier alpha value is -4.23. The van der Waals surface area contributed by atoms with E-state index in [4.69, 9.17) is 4.74 Å². The standard InChI is InChI=1S/C29H34N6O6S/c1-33-25(17-24(32-33)19-7-8-19)28(37)30-18-21-5-4-6-23(26(21)41-2)27(36)31-22-11-9-20(10-12-22)29(38)34-13-15-35(16-14-34)42(3,39)40/h4-6,9-12,17,19H,7-8,13-16,18H2,1-3H3,(H,30,37)(H,31,36). The number of hydrogen-bond donors (Lipinski definition) is 2. The molecule has 2 heterocycles. The maximum atomic E-state index is 13.2. The van der Waals surface area contributed by atoms with E-state index >= 15 is 0 Å². The summed E-state index contributed by atoms with van der Waals surface area (Å²) in [5.41, 5.74) is 3.27. The number of rotatable bonds is 9. The quantitative estimate of drug-likeness (QED) is 0.387. The van der Waals surface area contributed by atoms with Crippen LogP contribution in [0.2, 0.25) is 0 Å². The Labute approximate surface area is 244 Å². The maximum Gasteiger partial charge on any atom is 0.269 e. The Morgan fingerprint density at radius 2 is 1.69 bits per heavy atom. The number of amides is 3. The van der Waals surface area contributed by atoms with Crippen LogP contribution < -0.4 is 15.4 Å². The molecule has 1 aliphatic heterocycles. The van der Waals surface area contributed by atoms with Gasteiger partial charge in [0.2, 0.25) is 10.0 Å². The fraction of sp³-hybridized carbons (Fsp3) is 0.379. The van der Waals surface area contributed by atoms with E-state index in [9.17, 15) is 22.8 Å². The highest BCUT2D eigenvalue weighted by Crippen LogP contribution is 2.39. The number of sulfonamides is 1. The van der Waals surface area contributed by atoms with Crippen LogP contribution in [0.25, 0.3) is 0 Å². The molecule has 2 aliphatic rings. The molecular formula is C29H34N6O6S. The topological polar surface area (TPSA) is 143 Å². The summed E-state index contributed by atoms with van der Waals surface area (Å²) in [5.74, 6) is -0.0848. The number of benzene rings is 2. The minimum atomic E-state index is -3.28. The zero-order chi connectivity index (χ0) is 30.0. The van der Waals surface area contributed by atoms with Crippen molar-refractivity contribution in [2.75, 3.05) is 44.9 Å². The number of para-hydroxylation sites is 1. The zero-order valence-electron chi connectivity index (χ0n) is 23.8. The summed E-state index contributed by atoms with van der Waals surface area (Å²) in [7, 11) is -0.0678. The number of aromatic nitrogens is 2. The molecule has 0 spiro atoms. The van der Waals surface area contributed by atoms with Crippen LogP contribution >= 0.6 is 0 Å². The van der Waals surface area contributed by atoms with E-state index < -0.39 is 15.9 Å². The number of carbonyl (C=O) groups is 3. The van der Waals surface area contributed by atoms with Crippen LogP contribution in [0.1, 0.15) is 61.2 Å². The zero-order valence-corrected chi connectivity index (χ0v) is 24.6. The van der Waals surface area contributed by atoms with Gasteiger partial charge in [0.15, 0.2) is 0 Å². The van der Waals surface area contributed by atoms with Crippen molar-refractivity contribution < 1.29 is 27.5 Å². The molecule has 1 aliphatic carbocycles. The largest absolute Gasteiger partial charge is 0.496 e. The van der Waals surface area contributed by atoms with E-state index in [0.29, 0.717) is 52.8 Å². The van der Waals surface area contributed by atoms with Crippen LogP contribution in [0.4, 0.5) is 5.69 Å². The number of nitrogens with zero attached hydrogens (tertiary/aromatic N) is 4. The molecule has 2 aromatic carbocycles. The van der Waals surface area contributed by atoms with Gasteiger partial charge in [0.05, 0.1) is 24.6 Å². The summed E-state index contributed by atoms with van der Waals surface area (Å²) in [4.78, 5) is 40.5. The molecule has 0 atom stereocenters. The molecule has 0 bridgehead atoms. The van der Waals surface area contributed by atoms with Crippen LogP contribution in [-0.4, -0.2) is 84.7 Å². The van der Waals surface area contributed by atoms with Crippen molar-refractivity contribution in [3.63, 3.8) is 0 Å². The summed E-state index contributed by atoms with van der Waals surface area (Å²) in [6.07, 6.45) is 3.35. The third-order valence-electron chi connectivity index (χ3n) is 7.50. The molecular weight excluding hydrogens is 560 g/mol. The molecule has 13 heteroatoms. The van der Waals surface area contributed by atoms with Crippen molar-refractivity contribution >= 4 is 33.4 Å². The average Bonchev–Trinajstić information content (AvgIpc) is 3.76. The molecule has 222 valence electrons. The molecule has 2 fully saturated rings. The average molecular weight is 595 g/mol. The van der Waals surface area contributed by atoms with Gasteiger partial charge in [-0.15, -0.1) is 0 Å². The van der Waals surface area contributed by atoms with Crippen LogP contribution in [-0.2, 0) is 23.6 Å². The summed E-state index contributed by atoms with van der Waals surface area (Å²) in [5, 5.41) is 10.2. The van der Waals surface area contributed by atoms with Crippen LogP contribution in [0.3, 0.4) is 0 Å². The van der Waals surface area contributed by atoms with E-state index in [1.165, 1.54) is 11.4 Å². The normalized spacial score (nSPS) is 15.7. The molecule has 0 unspecified atom stereocenters. The Balaban J connectivity index is 1.21. The maximum absolute atomic E-state index is 13.2. The number of methoxy groups -OCH3 is 1. The van der Waals surface area contributed by atoms with Crippen molar-refractivity contribution in [1.29, 1.82) is 0 Å². The molecule has 2 N–H and O–H groups in total. The Morgan fingerprint density at radius 3 is 2.31 bits per heavy atom. The van der Waals surface area contributed by atoms with Crippen molar-refractivity contribution in [3.8, 4) is 5.75 Å². The van der Waals surface area contributed by atoms with Crippen molar-refractivity contribution in [3.05, 3.63) is 76.6 Å². The van der Waals surface area contributed by atoms with Crippen molar-refractivity contribution in [2.24, 2.45) is 7.05 Å². The summed E-state index contributed by atoms with van der Waals surface area (Å²) < 4.78 is 32.0. The SMILES string of the molecule is COc1c(CNC(=O)c2cc(C3CC3)nn2C)cccc1C(=O)Nc1ccc(C(=O)N2CCN(S(C)(=O)=O)CC2)cc1. The Kier molecular flexibility index (Phi) is 8.32. The van der Waals surface area contributed by atoms with Crippen molar-refractivity contribution in [2.45, 2.75) is 25.3 Å². The number of carbonyl (C=O) groups excluding carboxylic acids is 3. The van der Waals surface area contributed by atoms with E-state index in [2.05, 4.69) is 15.7 Å². The minimum absolute atomic E-state index is 0.155. The first-order valence-electron chi connectivity index (χ1n) is 13.7. The number of ether oxygens (including phenoxy) is 1. The monoisotopic (exact) mass is 594 g/mol. The molecule has 12 nitrogen and oxygen atoms in total. The molecule has 5 rings (SSSR count). The fourth-order valence-electron chi connectivity index (χ4n) is 4.99.